The van der Waals surface area contributed by atoms with E-state index in [9.17, 15) is 9.59 Å². The quantitative estimate of drug-likeness (QED) is 0.828. The minimum Gasteiger partial charge on any atom is -0.494 e. The van der Waals surface area contributed by atoms with Gasteiger partial charge in [-0.25, -0.2) is 0 Å². The van der Waals surface area contributed by atoms with Gasteiger partial charge in [0.05, 0.1) is 18.9 Å². The highest BCUT2D eigenvalue weighted by molar-refractivity contribution is 5.79. The maximum absolute atomic E-state index is 11.8. The van der Waals surface area contributed by atoms with E-state index in [1.165, 1.54) is 0 Å². The molecule has 1 fully saturated rings. The fourth-order valence-electron chi connectivity index (χ4n) is 2.27. The highest BCUT2D eigenvalue weighted by atomic mass is 16.5. The molecule has 0 unspecified atom stereocenters. The predicted molar refractivity (Wildman–Crippen MR) is 73.6 cm³/mol. The van der Waals surface area contributed by atoms with E-state index in [2.05, 4.69) is 5.32 Å². The second-order valence-corrected chi connectivity index (χ2v) is 5.02. The molecular formula is C15H19NO4. The molecule has 108 valence electrons. The molecule has 0 heterocycles. The van der Waals surface area contributed by atoms with Gasteiger partial charge in [0.25, 0.3) is 0 Å². The fraction of sp³-hybridized carbons (Fsp3) is 0.467. The zero-order valence-corrected chi connectivity index (χ0v) is 11.5. The molecule has 0 aromatic heterocycles. The number of ether oxygens (including phenoxy) is 1. The summed E-state index contributed by atoms with van der Waals surface area (Å²) in [4.78, 5) is 22.5. The van der Waals surface area contributed by atoms with Gasteiger partial charge < -0.3 is 15.2 Å². The van der Waals surface area contributed by atoms with Crippen LogP contribution in [0.3, 0.4) is 0 Å². The van der Waals surface area contributed by atoms with Crippen molar-refractivity contribution in [3.63, 3.8) is 0 Å². The summed E-state index contributed by atoms with van der Waals surface area (Å²) in [5.74, 6) is -0.351. The minimum atomic E-state index is -0.776. The van der Waals surface area contributed by atoms with Gasteiger partial charge in [0.2, 0.25) is 5.91 Å². The lowest BCUT2D eigenvalue weighted by Crippen LogP contribution is -2.47. The second kappa shape index (κ2) is 6.41. The van der Waals surface area contributed by atoms with Gasteiger partial charge in [-0.15, -0.1) is 0 Å². The highest BCUT2D eigenvalue weighted by Crippen LogP contribution is 2.27. The maximum Gasteiger partial charge on any atom is 0.306 e. The number of carbonyl (C=O) groups is 2. The average Bonchev–Trinajstić information content (AvgIpc) is 2.35. The zero-order chi connectivity index (χ0) is 14.5. The lowest BCUT2D eigenvalue weighted by molar-refractivity contribution is -0.146. The van der Waals surface area contributed by atoms with Crippen molar-refractivity contribution in [2.24, 2.45) is 5.92 Å². The van der Waals surface area contributed by atoms with Crippen molar-refractivity contribution in [1.29, 1.82) is 0 Å². The molecule has 0 saturated heterocycles. The van der Waals surface area contributed by atoms with Gasteiger partial charge in [-0.05, 0) is 37.5 Å². The third-order valence-corrected chi connectivity index (χ3v) is 3.45. The average molecular weight is 277 g/mol. The van der Waals surface area contributed by atoms with Crippen LogP contribution < -0.4 is 10.1 Å². The molecule has 5 heteroatoms. The maximum atomic E-state index is 11.8. The number of hydrogen-bond donors (Lipinski definition) is 2. The SMILES string of the molecule is CCOc1ccc(CC(=O)NC2CC(C(=O)O)C2)cc1. The number of carboxylic acid groups (broad SMARTS) is 1. The van der Waals surface area contributed by atoms with E-state index in [1.807, 2.05) is 31.2 Å². The van der Waals surface area contributed by atoms with Crippen LogP contribution in [-0.4, -0.2) is 29.6 Å². The topological polar surface area (TPSA) is 75.6 Å². The van der Waals surface area contributed by atoms with Crippen LogP contribution in [0.2, 0.25) is 0 Å². The molecule has 1 aromatic carbocycles. The molecule has 2 N–H and O–H groups in total. The summed E-state index contributed by atoms with van der Waals surface area (Å²) < 4.78 is 5.33. The molecule has 0 atom stereocenters. The Bertz CT molecular complexity index is 477. The molecular weight excluding hydrogens is 258 g/mol. The third-order valence-electron chi connectivity index (χ3n) is 3.45. The first-order chi connectivity index (χ1) is 9.58. The fourth-order valence-corrected chi connectivity index (χ4v) is 2.27. The normalized spacial score (nSPS) is 20.9. The van der Waals surface area contributed by atoms with Gasteiger partial charge in [0.1, 0.15) is 5.75 Å². The molecule has 0 aliphatic heterocycles. The molecule has 1 saturated carbocycles. The third kappa shape index (κ3) is 3.73. The van der Waals surface area contributed by atoms with Crippen molar-refractivity contribution >= 4 is 11.9 Å². The molecule has 0 bridgehead atoms. The van der Waals surface area contributed by atoms with Gasteiger partial charge in [0, 0.05) is 6.04 Å². The summed E-state index contributed by atoms with van der Waals surface area (Å²) >= 11 is 0. The molecule has 20 heavy (non-hydrogen) atoms. The first-order valence-corrected chi connectivity index (χ1v) is 6.82. The molecule has 0 radical (unpaired) electrons. The van der Waals surface area contributed by atoms with Gasteiger partial charge >= 0.3 is 5.97 Å². The largest absolute Gasteiger partial charge is 0.494 e. The number of amides is 1. The Hall–Kier alpha value is -2.04. The number of nitrogens with one attached hydrogen (secondary N) is 1. The first kappa shape index (κ1) is 14.4. The van der Waals surface area contributed by atoms with Gasteiger partial charge in [-0.3, -0.25) is 9.59 Å². The van der Waals surface area contributed by atoms with Crippen LogP contribution in [0.4, 0.5) is 0 Å². The number of carbonyl (C=O) groups excluding carboxylic acids is 1. The molecule has 1 amide bonds. The Morgan fingerprint density at radius 2 is 1.95 bits per heavy atom. The van der Waals surface area contributed by atoms with Crippen LogP contribution in [0.1, 0.15) is 25.3 Å². The van der Waals surface area contributed by atoms with Crippen molar-refractivity contribution < 1.29 is 19.4 Å². The van der Waals surface area contributed by atoms with Crippen molar-refractivity contribution in [3.05, 3.63) is 29.8 Å². The molecule has 2 rings (SSSR count). The van der Waals surface area contributed by atoms with E-state index >= 15 is 0 Å². The minimum absolute atomic E-state index is 0.00583. The van der Waals surface area contributed by atoms with Crippen molar-refractivity contribution in [2.75, 3.05) is 6.61 Å². The monoisotopic (exact) mass is 277 g/mol. The first-order valence-electron chi connectivity index (χ1n) is 6.82. The standard InChI is InChI=1S/C15H19NO4/c1-2-20-13-5-3-10(4-6-13)7-14(17)16-12-8-11(9-12)15(18)19/h3-6,11-12H,2,7-9H2,1H3,(H,16,17)(H,18,19). The smallest absolute Gasteiger partial charge is 0.306 e. The van der Waals surface area contributed by atoms with E-state index in [-0.39, 0.29) is 17.9 Å². The number of aliphatic carboxylic acids is 1. The lowest BCUT2D eigenvalue weighted by atomic mass is 9.80. The summed E-state index contributed by atoms with van der Waals surface area (Å²) in [5.41, 5.74) is 0.917. The number of carboxylic acids is 1. The number of rotatable bonds is 6. The zero-order valence-electron chi connectivity index (χ0n) is 11.5. The van der Waals surface area contributed by atoms with E-state index in [1.54, 1.807) is 0 Å². The Labute approximate surface area is 117 Å². The van der Waals surface area contributed by atoms with Crippen LogP contribution in [-0.2, 0) is 16.0 Å². The molecule has 1 aliphatic rings. The van der Waals surface area contributed by atoms with Crippen LogP contribution >= 0.6 is 0 Å². The summed E-state index contributed by atoms with van der Waals surface area (Å²) in [5, 5.41) is 11.6. The van der Waals surface area contributed by atoms with E-state index in [4.69, 9.17) is 9.84 Å². The second-order valence-electron chi connectivity index (χ2n) is 5.02. The van der Waals surface area contributed by atoms with E-state index in [0.717, 1.165) is 11.3 Å². The Morgan fingerprint density at radius 3 is 2.50 bits per heavy atom. The molecule has 1 aliphatic carbocycles. The summed E-state index contributed by atoms with van der Waals surface area (Å²) in [6.45, 7) is 2.54. The van der Waals surface area contributed by atoms with Crippen molar-refractivity contribution in [1.82, 2.24) is 5.32 Å². The Morgan fingerprint density at radius 1 is 1.30 bits per heavy atom. The van der Waals surface area contributed by atoms with E-state index in [0.29, 0.717) is 25.9 Å². The molecule has 0 spiro atoms. The lowest BCUT2D eigenvalue weighted by Gasteiger charge is -2.32. The Kier molecular flexibility index (Phi) is 4.61. The van der Waals surface area contributed by atoms with Gasteiger partial charge in [-0.2, -0.15) is 0 Å². The molecule has 5 nitrogen and oxygen atoms in total. The van der Waals surface area contributed by atoms with Crippen molar-refractivity contribution in [2.45, 2.75) is 32.2 Å². The number of benzene rings is 1. The summed E-state index contributed by atoms with van der Waals surface area (Å²) in [6.07, 6.45) is 1.37. The van der Waals surface area contributed by atoms with Crippen molar-refractivity contribution in [3.8, 4) is 5.75 Å². The molecule has 1 aromatic rings. The summed E-state index contributed by atoms with van der Waals surface area (Å²) in [7, 11) is 0. The number of hydrogen-bond acceptors (Lipinski definition) is 3. The highest BCUT2D eigenvalue weighted by Gasteiger charge is 2.35. The predicted octanol–water partition coefficient (Wildman–Crippen LogP) is 1.61. The van der Waals surface area contributed by atoms with Crippen LogP contribution in [0, 0.1) is 5.92 Å². The van der Waals surface area contributed by atoms with Gasteiger partial charge in [-0.1, -0.05) is 12.1 Å². The van der Waals surface area contributed by atoms with Crippen LogP contribution in [0.5, 0.6) is 5.75 Å². The van der Waals surface area contributed by atoms with Crippen LogP contribution in [0.15, 0.2) is 24.3 Å². The Balaban J connectivity index is 1.76. The van der Waals surface area contributed by atoms with E-state index < -0.39 is 5.97 Å². The van der Waals surface area contributed by atoms with Crippen LogP contribution in [0.25, 0.3) is 0 Å². The summed E-state index contributed by atoms with van der Waals surface area (Å²) in [6, 6.07) is 7.43. The van der Waals surface area contributed by atoms with Gasteiger partial charge in [0.15, 0.2) is 0 Å².